The minimum absolute atomic E-state index is 0.00435. The van der Waals surface area contributed by atoms with Crippen molar-refractivity contribution in [2.24, 2.45) is 4.99 Å². The Morgan fingerprint density at radius 3 is 2.12 bits per heavy atom. The van der Waals surface area contributed by atoms with Gasteiger partial charge in [0.25, 0.3) is 33.7 Å². The largest absolute Gasteiger partial charge is 0.493 e. The van der Waals surface area contributed by atoms with Gasteiger partial charge in [0.05, 0.1) is 75.8 Å². The highest BCUT2D eigenvalue weighted by molar-refractivity contribution is 8.77. The molecule has 4 heterocycles. The molecule has 0 bridgehead atoms. The number of ether oxygens (including phenoxy) is 7. The summed E-state index contributed by atoms with van der Waals surface area (Å²) in [5.74, 6) is -2.10. The fourth-order valence-electron chi connectivity index (χ4n) is 10.4. The van der Waals surface area contributed by atoms with Crippen LogP contribution >= 0.6 is 34.4 Å². The van der Waals surface area contributed by atoms with Gasteiger partial charge in [-0.05, 0) is 91.4 Å². The predicted molar refractivity (Wildman–Crippen MR) is 331 cm³/mol. The lowest BCUT2D eigenvalue weighted by molar-refractivity contribution is -0.197. The zero-order valence-electron chi connectivity index (χ0n) is 48.2. The molecule has 86 heavy (non-hydrogen) atoms. The first kappa shape index (κ1) is 63.5. The SMILES string of the molecule is COCCOCCOCCN(CC(C)(C)SSCCC(C(=O)ON1C(=O)CCC1=O)S(=O)(=O)O)c1cc(COc2cc3c(cc2OC)C(=O)N2c4ccccc4C[C@H]2C=N3)cc(COc2cc(NS)c(C(=O)N3CCc4ccccc43)cc2OC)c1. The van der Waals surface area contributed by atoms with Crippen LogP contribution in [-0.2, 0) is 69.6 Å². The van der Waals surface area contributed by atoms with Crippen molar-refractivity contribution in [1.82, 2.24) is 5.06 Å². The second-order valence-electron chi connectivity index (χ2n) is 21.0. The van der Waals surface area contributed by atoms with E-state index in [0.717, 1.165) is 34.6 Å². The third kappa shape index (κ3) is 15.2. The number of carbonyl (C=O) groups excluding carboxylic acids is 5. The van der Waals surface area contributed by atoms with Gasteiger partial charge in [-0.3, -0.25) is 33.6 Å². The second-order valence-corrected chi connectivity index (χ2v) is 26.0. The third-order valence-electron chi connectivity index (χ3n) is 14.5. The number of benzene rings is 5. The number of carbonyl (C=O) groups is 5. The lowest BCUT2D eigenvalue weighted by Crippen LogP contribution is -2.40. The van der Waals surface area contributed by atoms with Gasteiger partial charge < -0.3 is 52.5 Å². The summed E-state index contributed by atoms with van der Waals surface area (Å²) < 4.78 is 79.0. The lowest BCUT2D eigenvalue weighted by Gasteiger charge is -2.34. The van der Waals surface area contributed by atoms with Crippen LogP contribution in [0.2, 0.25) is 0 Å². The molecule has 26 heteroatoms. The normalized spacial score (nSPS) is 15.6. The van der Waals surface area contributed by atoms with Crippen LogP contribution in [0.4, 0.5) is 28.4 Å². The Balaban J connectivity index is 0.993. The molecule has 22 nitrogen and oxygen atoms in total. The lowest BCUT2D eigenvalue weighted by atomic mass is 10.1. The van der Waals surface area contributed by atoms with E-state index in [1.165, 1.54) is 35.8 Å². The summed E-state index contributed by atoms with van der Waals surface area (Å²) in [6.07, 6.45) is 2.38. The van der Waals surface area contributed by atoms with Crippen LogP contribution in [0.25, 0.3) is 0 Å². The summed E-state index contributed by atoms with van der Waals surface area (Å²) in [5, 5.41) is -1.81. The van der Waals surface area contributed by atoms with Crippen LogP contribution in [0.3, 0.4) is 0 Å². The molecular formula is C60H68N6O16S4. The van der Waals surface area contributed by atoms with E-state index in [2.05, 4.69) is 22.4 Å². The molecule has 4 amide bonds. The summed E-state index contributed by atoms with van der Waals surface area (Å²) in [6, 6.07) is 27.9. The Labute approximate surface area is 512 Å². The van der Waals surface area contributed by atoms with Crippen LogP contribution < -0.4 is 38.4 Å². The van der Waals surface area contributed by atoms with E-state index in [4.69, 9.17) is 43.0 Å². The maximum Gasteiger partial charge on any atom is 0.353 e. The number of aliphatic imine (C=N–C) groups is 1. The highest BCUT2D eigenvalue weighted by Crippen LogP contribution is 2.43. The number of thiol groups is 1. The molecule has 0 radical (unpaired) electrons. The molecule has 0 saturated carbocycles. The number of rotatable bonds is 30. The topological polar surface area (TPSA) is 251 Å². The van der Waals surface area contributed by atoms with Gasteiger partial charge in [0, 0.05) is 91.9 Å². The van der Waals surface area contributed by atoms with Crippen molar-refractivity contribution in [2.45, 2.75) is 75.2 Å². The molecule has 1 saturated heterocycles. The van der Waals surface area contributed by atoms with Crippen molar-refractivity contribution in [3.05, 3.63) is 124 Å². The summed E-state index contributed by atoms with van der Waals surface area (Å²) in [7, 11) is 2.28. The molecule has 1 fully saturated rings. The molecule has 4 aliphatic heterocycles. The number of nitrogens with one attached hydrogen (secondary N) is 1. The minimum Gasteiger partial charge on any atom is -0.493 e. The molecule has 0 aromatic heterocycles. The van der Waals surface area contributed by atoms with Crippen molar-refractivity contribution in [2.75, 3.05) is 99.2 Å². The van der Waals surface area contributed by atoms with E-state index in [-0.39, 0.29) is 67.8 Å². The Morgan fingerprint density at radius 1 is 0.802 bits per heavy atom. The fourth-order valence-corrected chi connectivity index (χ4v) is 14.0. The molecule has 2 atom stereocenters. The minimum atomic E-state index is -5.00. The molecular weight excluding hydrogens is 1190 g/mol. The third-order valence-corrected chi connectivity index (χ3v) is 19.2. The first-order valence-corrected chi connectivity index (χ1v) is 32.0. The standard InChI is InChI=1S/C60H68N6O16S4/c1-60(2,85-84-25-17-54(86(72,73)74)59(71)82-66-55(67)14-15-56(66)68)37-63(19-20-78-23-24-79-22-21-75-3)42-27-38(35-80-52-32-46-44(30-50(52)76-4)58(70)65-43(34-61-46)29-41-11-7-9-13-49(41)65)26-39(28-42)36-81-53-33-47(62-83)45(31-51(53)77-5)57(69)64-18-16-40-10-6-8-12-48(40)64/h6-13,26-28,30-34,43,54,62,83H,14-25,29,35-37H2,1-5H3,(H,72,73,74)/t43-,54?/m0/s1. The van der Waals surface area contributed by atoms with Gasteiger partial charge in [-0.25, -0.2) is 4.79 Å². The second kappa shape index (κ2) is 28.6. The van der Waals surface area contributed by atoms with Crippen molar-refractivity contribution in [3.63, 3.8) is 0 Å². The average Bonchev–Trinajstić information content (AvgIpc) is 3.65. The Hall–Kier alpha value is -7.04. The van der Waals surface area contributed by atoms with Crippen LogP contribution in [-0.4, -0.2) is 150 Å². The highest BCUT2D eigenvalue weighted by atomic mass is 33.1. The number of imide groups is 1. The van der Waals surface area contributed by atoms with Crippen molar-refractivity contribution < 1.29 is 74.9 Å². The van der Waals surface area contributed by atoms with E-state index in [9.17, 15) is 36.9 Å². The number of fused-ring (bicyclic) bond motifs is 5. The average molecular weight is 1260 g/mol. The Kier molecular flexibility index (Phi) is 21.1. The number of amides is 4. The first-order chi connectivity index (χ1) is 41.4. The van der Waals surface area contributed by atoms with E-state index in [0.29, 0.717) is 109 Å². The van der Waals surface area contributed by atoms with Crippen molar-refractivity contribution in [3.8, 4) is 23.0 Å². The summed E-state index contributed by atoms with van der Waals surface area (Å²) >= 11 is 4.40. The number of hydroxylamine groups is 2. The fraction of sp³-hybridized carbons (Fsp3) is 0.400. The van der Waals surface area contributed by atoms with Crippen LogP contribution in [0.1, 0.15) is 76.1 Å². The molecule has 1 unspecified atom stereocenters. The van der Waals surface area contributed by atoms with Gasteiger partial charge in [-0.1, -0.05) is 70.8 Å². The number of para-hydroxylation sites is 2. The number of hydrogen-bond donors (Lipinski definition) is 3. The van der Waals surface area contributed by atoms with Crippen LogP contribution in [0, 0.1) is 0 Å². The molecule has 9 rings (SSSR count). The molecule has 2 N–H and O–H groups in total. The van der Waals surface area contributed by atoms with Crippen LogP contribution in [0.15, 0.2) is 96.0 Å². The molecule has 4 aliphatic rings. The summed E-state index contributed by atoms with van der Waals surface area (Å²) in [4.78, 5) is 81.0. The molecule has 0 spiro atoms. The summed E-state index contributed by atoms with van der Waals surface area (Å²) in [6.45, 7) is 7.03. The monoisotopic (exact) mass is 1260 g/mol. The first-order valence-electron chi connectivity index (χ1n) is 27.7. The maximum absolute atomic E-state index is 14.3. The number of nitrogens with zero attached hydrogens (tertiary/aromatic N) is 5. The zero-order chi connectivity index (χ0) is 61.1. The van der Waals surface area contributed by atoms with Gasteiger partial charge in [0.1, 0.15) is 13.2 Å². The smallest absolute Gasteiger partial charge is 0.353 e. The van der Waals surface area contributed by atoms with Crippen molar-refractivity contribution >= 4 is 109 Å². The Morgan fingerprint density at radius 2 is 1.44 bits per heavy atom. The van der Waals surface area contributed by atoms with E-state index in [1.54, 1.807) is 47.4 Å². The van der Waals surface area contributed by atoms with Gasteiger partial charge >= 0.3 is 5.97 Å². The number of anilines is 4. The van der Waals surface area contributed by atoms with E-state index >= 15 is 0 Å². The molecule has 5 aromatic rings. The van der Waals surface area contributed by atoms with Gasteiger partial charge in [-0.2, -0.15) is 8.42 Å². The van der Waals surface area contributed by atoms with E-state index < -0.39 is 37.9 Å². The zero-order valence-corrected chi connectivity index (χ0v) is 51.5. The van der Waals surface area contributed by atoms with Gasteiger partial charge in [-0.15, -0.1) is 5.06 Å². The molecule has 458 valence electrons. The number of methoxy groups -OCH3 is 3. The Bertz CT molecular complexity index is 3460. The predicted octanol–water partition coefficient (Wildman–Crippen LogP) is 8.51. The van der Waals surface area contributed by atoms with E-state index in [1.807, 2.05) is 80.6 Å². The maximum atomic E-state index is 14.3. The highest BCUT2D eigenvalue weighted by Gasteiger charge is 2.40. The molecule has 5 aromatic carbocycles. The summed E-state index contributed by atoms with van der Waals surface area (Å²) in [5.41, 5.74) is 7.51. The van der Waals surface area contributed by atoms with Gasteiger partial charge in [0.15, 0.2) is 28.2 Å². The van der Waals surface area contributed by atoms with Crippen LogP contribution in [0.5, 0.6) is 23.0 Å². The van der Waals surface area contributed by atoms with Crippen molar-refractivity contribution in [1.29, 1.82) is 0 Å². The molecule has 0 aliphatic carbocycles. The quantitative estimate of drug-likeness (QED) is 0.0128. The van der Waals surface area contributed by atoms with Gasteiger partial charge in [0.2, 0.25) is 0 Å². The number of hydrogen-bond acceptors (Lipinski definition) is 21.